The maximum atomic E-state index is 5.61. The summed E-state index contributed by atoms with van der Waals surface area (Å²) in [6.45, 7) is 0. The highest BCUT2D eigenvalue weighted by Gasteiger charge is 2.11. The quantitative estimate of drug-likeness (QED) is 0.693. The number of rotatable bonds is 2. The summed E-state index contributed by atoms with van der Waals surface area (Å²) >= 11 is 0. The molecule has 0 spiro atoms. The van der Waals surface area contributed by atoms with Crippen molar-refractivity contribution in [3.63, 3.8) is 0 Å². The summed E-state index contributed by atoms with van der Waals surface area (Å²) in [6.07, 6.45) is 3.51. The van der Waals surface area contributed by atoms with E-state index in [4.69, 9.17) is 10.5 Å². The molecule has 0 amide bonds. The number of pyridine rings is 1. The molecule has 2 N–H and O–H groups in total. The molecule has 0 saturated carbocycles. The van der Waals surface area contributed by atoms with Crippen LogP contribution in [0.25, 0.3) is 11.5 Å². The Morgan fingerprint density at radius 1 is 1.35 bits per heavy atom. The fourth-order valence-electron chi connectivity index (χ4n) is 1.68. The first-order chi connectivity index (χ1) is 8.29. The largest absolute Gasteiger partial charge is 0.493 e. The van der Waals surface area contributed by atoms with Gasteiger partial charge in [0.25, 0.3) is 0 Å². The van der Waals surface area contributed by atoms with Gasteiger partial charge in [-0.05, 0) is 18.2 Å². The van der Waals surface area contributed by atoms with Gasteiger partial charge in [0.15, 0.2) is 11.6 Å². The molecule has 86 valence electrons. The summed E-state index contributed by atoms with van der Waals surface area (Å²) in [5, 5.41) is 8.27. The fourth-order valence-corrected chi connectivity index (χ4v) is 1.68. The number of hydrogen-bond donors (Lipinski definition) is 1. The van der Waals surface area contributed by atoms with E-state index in [0.717, 1.165) is 5.82 Å². The molecule has 0 saturated heterocycles. The molecule has 0 aromatic carbocycles. The zero-order chi connectivity index (χ0) is 11.8. The molecule has 3 rings (SSSR count). The van der Waals surface area contributed by atoms with Crippen molar-refractivity contribution in [2.24, 2.45) is 0 Å². The molecule has 0 aliphatic heterocycles. The van der Waals surface area contributed by atoms with E-state index in [0.29, 0.717) is 11.4 Å². The van der Waals surface area contributed by atoms with Gasteiger partial charge in [0, 0.05) is 12.4 Å². The zero-order valence-electron chi connectivity index (χ0n) is 9.11. The molecule has 17 heavy (non-hydrogen) atoms. The highest BCUT2D eigenvalue weighted by molar-refractivity contribution is 5.58. The lowest BCUT2D eigenvalue weighted by Crippen LogP contribution is -2.04. The zero-order valence-corrected chi connectivity index (χ0v) is 9.11. The van der Waals surface area contributed by atoms with E-state index in [-0.39, 0.29) is 5.95 Å². The molecule has 3 heterocycles. The minimum absolute atomic E-state index is 0.197. The van der Waals surface area contributed by atoms with Crippen LogP contribution < -0.4 is 10.5 Å². The van der Waals surface area contributed by atoms with Gasteiger partial charge < -0.3 is 10.5 Å². The Bertz CT molecular complexity index is 657. The van der Waals surface area contributed by atoms with E-state index >= 15 is 0 Å². The molecule has 0 radical (unpaired) electrons. The van der Waals surface area contributed by atoms with Crippen LogP contribution in [0.5, 0.6) is 5.75 Å². The number of ether oxygens (including phenoxy) is 1. The minimum atomic E-state index is 0.197. The predicted octanol–water partition coefficient (Wildman–Crippen LogP) is 0.506. The Hall–Kier alpha value is -2.57. The predicted molar refractivity (Wildman–Crippen MR) is 61.1 cm³/mol. The Kier molecular flexibility index (Phi) is 1.97. The Morgan fingerprint density at radius 3 is 2.94 bits per heavy atom. The lowest BCUT2D eigenvalue weighted by atomic mass is 10.4. The van der Waals surface area contributed by atoms with E-state index in [1.54, 1.807) is 28.6 Å². The van der Waals surface area contributed by atoms with Gasteiger partial charge in [-0.15, -0.1) is 5.10 Å². The van der Waals surface area contributed by atoms with Crippen molar-refractivity contribution < 1.29 is 4.74 Å². The summed E-state index contributed by atoms with van der Waals surface area (Å²) in [4.78, 5) is 4.12. The number of hydrogen-bond acceptors (Lipinski definition) is 5. The van der Waals surface area contributed by atoms with Gasteiger partial charge in [0.05, 0.1) is 7.11 Å². The Labute approximate surface area is 96.4 Å². The van der Waals surface area contributed by atoms with Crippen molar-refractivity contribution in [2.75, 3.05) is 12.8 Å². The molecule has 7 heteroatoms. The number of methoxy groups -OCH3 is 1. The average Bonchev–Trinajstić information content (AvgIpc) is 2.95. The van der Waals surface area contributed by atoms with Crippen molar-refractivity contribution in [2.45, 2.75) is 0 Å². The van der Waals surface area contributed by atoms with Gasteiger partial charge in [-0.3, -0.25) is 0 Å². The second-order valence-corrected chi connectivity index (χ2v) is 3.42. The normalized spacial score (nSPS) is 10.9. The molecule has 0 bridgehead atoms. The van der Waals surface area contributed by atoms with Crippen molar-refractivity contribution >= 4 is 11.6 Å². The molecule has 0 aliphatic carbocycles. The smallest absolute Gasteiger partial charge is 0.240 e. The third-order valence-corrected chi connectivity index (χ3v) is 2.40. The maximum Gasteiger partial charge on any atom is 0.240 e. The van der Waals surface area contributed by atoms with Crippen LogP contribution in [0.2, 0.25) is 0 Å². The topological polar surface area (TPSA) is 83.3 Å². The minimum Gasteiger partial charge on any atom is -0.493 e. The molecular formula is C10H10N6O. The van der Waals surface area contributed by atoms with E-state index in [1.807, 2.05) is 18.3 Å². The molecular weight excluding hydrogens is 220 g/mol. The lowest BCUT2D eigenvalue weighted by Gasteiger charge is -2.06. The standard InChI is InChI=1S/C10H10N6O/c1-17-7-3-4-8(15-6-2-5-12-15)16-9(7)13-10(11)14-16/h2-6H,1H3,(H2,11,14). The average molecular weight is 230 g/mol. The van der Waals surface area contributed by atoms with Crippen molar-refractivity contribution in [3.8, 4) is 11.6 Å². The Balaban J connectivity index is 2.34. The van der Waals surface area contributed by atoms with Gasteiger partial charge in [0.2, 0.25) is 11.6 Å². The third kappa shape index (κ3) is 1.40. The van der Waals surface area contributed by atoms with Crippen molar-refractivity contribution in [3.05, 3.63) is 30.6 Å². The van der Waals surface area contributed by atoms with E-state index < -0.39 is 0 Å². The van der Waals surface area contributed by atoms with Crippen LogP contribution in [0.4, 0.5) is 5.95 Å². The summed E-state index contributed by atoms with van der Waals surface area (Å²) in [5.41, 5.74) is 6.18. The first-order valence-corrected chi connectivity index (χ1v) is 4.99. The monoisotopic (exact) mass is 230 g/mol. The third-order valence-electron chi connectivity index (χ3n) is 2.40. The molecule has 3 aromatic rings. The van der Waals surface area contributed by atoms with Crippen LogP contribution in [0.15, 0.2) is 30.6 Å². The van der Waals surface area contributed by atoms with Crippen LogP contribution in [0.1, 0.15) is 0 Å². The highest BCUT2D eigenvalue weighted by atomic mass is 16.5. The van der Waals surface area contributed by atoms with E-state index in [9.17, 15) is 0 Å². The maximum absolute atomic E-state index is 5.61. The number of fused-ring (bicyclic) bond motifs is 1. The van der Waals surface area contributed by atoms with E-state index in [2.05, 4.69) is 15.2 Å². The highest BCUT2D eigenvalue weighted by Crippen LogP contribution is 2.21. The van der Waals surface area contributed by atoms with Gasteiger partial charge in [-0.25, -0.2) is 4.68 Å². The van der Waals surface area contributed by atoms with Crippen LogP contribution >= 0.6 is 0 Å². The molecule has 0 unspecified atom stereocenters. The number of nitrogens with two attached hydrogens (primary N) is 1. The van der Waals surface area contributed by atoms with Crippen molar-refractivity contribution in [1.29, 1.82) is 0 Å². The lowest BCUT2D eigenvalue weighted by molar-refractivity contribution is 0.416. The molecule has 7 nitrogen and oxygen atoms in total. The SMILES string of the molecule is COc1ccc(-n2cccn2)n2nc(N)nc12. The summed E-state index contributed by atoms with van der Waals surface area (Å²) in [7, 11) is 1.58. The van der Waals surface area contributed by atoms with Crippen molar-refractivity contribution in [1.82, 2.24) is 24.4 Å². The van der Waals surface area contributed by atoms with E-state index in [1.165, 1.54) is 0 Å². The molecule has 0 atom stereocenters. The number of nitrogen functional groups attached to an aromatic ring is 1. The van der Waals surface area contributed by atoms with Gasteiger partial charge in [-0.1, -0.05) is 0 Å². The summed E-state index contributed by atoms with van der Waals surface area (Å²) in [6, 6.07) is 5.48. The number of nitrogens with zero attached hydrogens (tertiary/aromatic N) is 5. The number of anilines is 1. The molecule has 0 fully saturated rings. The molecule has 0 aliphatic rings. The Morgan fingerprint density at radius 2 is 2.24 bits per heavy atom. The summed E-state index contributed by atoms with van der Waals surface area (Å²) in [5.74, 6) is 1.56. The van der Waals surface area contributed by atoms with Crippen LogP contribution in [-0.4, -0.2) is 31.5 Å². The summed E-state index contributed by atoms with van der Waals surface area (Å²) < 4.78 is 8.48. The number of aromatic nitrogens is 5. The van der Waals surface area contributed by atoms with Gasteiger partial charge in [-0.2, -0.15) is 14.6 Å². The van der Waals surface area contributed by atoms with Gasteiger partial charge >= 0.3 is 0 Å². The van der Waals surface area contributed by atoms with Crippen LogP contribution in [0, 0.1) is 0 Å². The first kappa shape index (κ1) is 9.64. The fraction of sp³-hybridized carbons (Fsp3) is 0.100. The van der Waals surface area contributed by atoms with Gasteiger partial charge in [0.1, 0.15) is 0 Å². The van der Waals surface area contributed by atoms with Crippen LogP contribution in [-0.2, 0) is 0 Å². The second-order valence-electron chi connectivity index (χ2n) is 3.42. The van der Waals surface area contributed by atoms with Crippen LogP contribution in [0.3, 0.4) is 0 Å². The molecule has 3 aromatic heterocycles. The second kappa shape index (κ2) is 3.48. The first-order valence-electron chi connectivity index (χ1n) is 4.99.